The first-order valence-corrected chi connectivity index (χ1v) is 8.40. The average molecular weight is 328 g/mol. The number of aromatic nitrogens is 2. The summed E-state index contributed by atoms with van der Waals surface area (Å²) in [5, 5.41) is 20.1. The SMILES string of the molecule is Cc1ccccc1-c1cc(NC(=O)N[C@@H]2CCCC[C@H]2O)n(C)n1. The van der Waals surface area contributed by atoms with Crippen molar-refractivity contribution < 1.29 is 9.90 Å². The van der Waals surface area contributed by atoms with Crippen LogP contribution in [0.1, 0.15) is 31.2 Å². The highest BCUT2D eigenvalue weighted by Gasteiger charge is 2.24. The molecule has 0 bridgehead atoms. The van der Waals surface area contributed by atoms with E-state index in [1.807, 2.05) is 37.3 Å². The lowest BCUT2D eigenvalue weighted by atomic mass is 9.93. The number of aliphatic hydroxyl groups is 1. The van der Waals surface area contributed by atoms with Crippen molar-refractivity contribution in [3.8, 4) is 11.3 Å². The second-order valence-corrected chi connectivity index (χ2v) is 6.41. The van der Waals surface area contributed by atoms with Gasteiger partial charge in [0.15, 0.2) is 0 Å². The van der Waals surface area contributed by atoms with Crippen LogP contribution < -0.4 is 10.6 Å². The molecule has 1 fully saturated rings. The van der Waals surface area contributed by atoms with E-state index in [1.165, 1.54) is 0 Å². The number of aryl methyl sites for hydroxylation is 2. The number of urea groups is 1. The Balaban J connectivity index is 1.69. The van der Waals surface area contributed by atoms with E-state index < -0.39 is 6.10 Å². The fourth-order valence-electron chi connectivity index (χ4n) is 3.18. The van der Waals surface area contributed by atoms with Crippen LogP contribution >= 0.6 is 0 Å². The Morgan fingerprint density at radius 1 is 1.29 bits per heavy atom. The van der Waals surface area contributed by atoms with Gasteiger partial charge in [-0.25, -0.2) is 4.79 Å². The van der Waals surface area contributed by atoms with E-state index in [4.69, 9.17) is 0 Å². The van der Waals surface area contributed by atoms with Crippen molar-refractivity contribution in [3.05, 3.63) is 35.9 Å². The van der Waals surface area contributed by atoms with Gasteiger partial charge in [-0.05, 0) is 25.3 Å². The van der Waals surface area contributed by atoms with E-state index in [9.17, 15) is 9.90 Å². The maximum absolute atomic E-state index is 12.2. The van der Waals surface area contributed by atoms with Crippen molar-refractivity contribution in [2.24, 2.45) is 7.05 Å². The van der Waals surface area contributed by atoms with Gasteiger partial charge < -0.3 is 10.4 Å². The number of hydrogen-bond acceptors (Lipinski definition) is 3. The van der Waals surface area contributed by atoms with Crippen LogP contribution in [0.25, 0.3) is 11.3 Å². The first-order chi connectivity index (χ1) is 11.5. The maximum atomic E-state index is 12.2. The summed E-state index contributed by atoms with van der Waals surface area (Å²) < 4.78 is 1.65. The van der Waals surface area contributed by atoms with Crippen molar-refractivity contribution >= 4 is 11.8 Å². The van der Waals surface area contributed by atoms with Gasteiger partial charge >= 0.3 is 6.03 Å². The molecule has 3 rings (SSSR count). The zero-order valence-electron chi connectivity index (χ0n) is 14.1. The maximum Gasteiger partial charge on any atom is 0.320 e. The minimum absolute atomic E-state index is 0.178. The van der Waals surface area contributed by atoms with Gasteiger partial charge in [-0.3, -0.25) is 10.00 Å². The number of hydrogen-bond donors (Lipinski definition) is 3. The molecule has 0 radical (unpaired) electrons. The number of rotatable bonds is 3. The summed E-state index contributed by atoms with van der Waals surface area (Å²) in [5.41, 5.74) is 3.00. The van der Waals surface area contributed by atoms with Gasteiger partial charge in [0, 0.05) is 18.7 Å². The van der Waals surface area contributed by atoms with Crippen LogP contribution in [0.2, 0.25) is 0 Å². The predicted molar refractivity (Wildman–Crippen MR) is 93.8 cm³/mol. The summed E-state index contributed by atoms with van der Waals surface area (Å²) in [5.74, 6) is 0.621. The molecule has 0 spiro atoms. The minimum Gasteiger partial charge on any atom is -0.391 e. The lowest BCUT2D eigenvalue weighted by Crippen LogP contribution is -2.46. The standard InChI is InChI=1S/C18H24N4O2/c1-12-7-3-4-8-13(12)15-11-17(22(2)21-15)20-18(24)19-14-9-5-6-10-16(14)23/h3-4,7-8,11,14,16,23H,5-6,9-10H2,1-2H3,(H2,19,20,24)/t14-,16-/m1/s1. The Hall–Kier alpha value is -2.34. The molecule has 2 atom stereocenters. The van der Waals surface area contributed by atoms with Crippen LogP contribution in [0.5, 0.6) is 0 Å². The summed E-state index contributed by atoms with van der Waals surface area (Å²) in [4.78, 5) is 12.2. The van der Waals surface area contributed by atoms with Gasteiger partial charge in [-0.2, -0.15) is 5.10 Å². The van der Waals surface area contributed by atoms with Crippen LogP contribution in [0.4, 0.5) is 10.6 Å². The van der Waals surface area contributed by atoms with E-state index in [2.05, 4.69) is 15.7 Å². The van der Waals surface area contributed by atoms with Crippen LogP contribution in [0.3, 0.4) is 0 Å². The van der Waals surface area contributed by atoms with E-state index in [0.29, 0.717) is 5.82 Å². The van der Waals surface area contributed by atoms with Crippen LogP contribution in [0, 0.1) is 6.92 Å². The van der Waals surface area contributed by atoms with Gasteiger partial charge in [0.25, 0.3) is 0 Å². The normalized spacial score (nSPS) is 20.6. The fraction of sp³-hybridized carbons (Fsp3) is 0.444. The van der Waals surface area contributed by atoms with Gasteiger partial charge in [0.2, 0.25) is 0 Å². The molecule has 1 heterocycles. The average Bonchev–Trinajstić information content (AvgIpc) is 2.90. The van der Waals surface area contributed by atoms with Crippen molar-refractivity contribution in [2.75, 3.05) is 5.32 Å². The number of carbonyl (C=O) groups is 1. The summed E-state index contributed by atoms with van der Waals surface area (Å²) in [6.07, 6.45) is 3.15. The Morgan fingerprint density at radius 3 is 2.79 bits per heavy atom. The molecule has 1 aromatic heterocycles. The lowest BCUT2D eigenvalue weighted by Gasteiger charge is -2.28. The Bertz CT molecular complexity index is 726. The van der Waals surface area contributed by atoms with Gasteiger partial charge in [-0.15, -0.1) is 0 Å². The Morgan fingerprint density at radius 2 is 2.04 bits per heavy atom. The fourth-order valence-corrected chi connectivity index (χ4v) is 3.18. The minimum atomic E-state index is -0.460. The number of nitrogens with zero attached hydrogens (tertiary/aromatic N) is 2. The zero-order valence-corrected chi connectivity index (χ0v) is 14.1. The molecular weight excluding hydrogens is 304 g/mol. The first-order valence-electron chi connectivity index (χ1n) is 8.40. The van der Waals surface area contributed by atoms with Crippen LogP contribution in [-0.2, 0) is 7.05 Å². The van der Waals surface area contributed by atoms with E-state index in [1.54, 1.807) is 11.7 Å². The molecule has 1 aliphatic rings. The highest BCUT2D eigenvalue weighted by atomic mass is 16.3. The number of anilines is 1. The molecule has 6 nitrogen and oxygen atoms in total. The number of nitrogens with one attached hydrogen (secondary N) is 2. The number of carbonyl (C=O) groups excluding carboxylic acids is 1. The molecule has 2 amide bonds. The topological polar surface area (TPSA) is 79.2 Å². The molecule has 3 N–H and O–H groups in total. The van der Waals surface area contributed by atoms with Crippen molar-refractivity contribution in [1.82, 2.24) is 15.1 Å². The molecule has 0 saturated heterocycles. The van der Waals surface area contributed by atoms with E-state index in [0.717, 1.165) is 42.5 Å². The van der Waals surface area contributed by atoms with Crippen molar-refractivity contribution in [1.29, 1.82) is 0 Å². The Labute approximate surface area is 141 Å². The molecule has 1 aliphatic carbocycles. The number of benzene rings is 1. The molecule has 2 aromatic rings. The third-order valence-electron chi connectivity index (χ3n) is 4.59. The van der Waals surface area contributed by atoms with Crippen molar-refractivity contribution in [3.63, 3.8) is 0 Å². The van der Waals surface area contributed by atoms with Gasteiger partial charge in [0.1, 0.15) is 5.82 Å². The smallest absolute Gasteiger partial charge is 0.320 e. The number of amides is 2. The third kappa shape index (κ3) is 3.59. The molecule has 6 heteroatoms. The molecule has 0 aliphatic heterocycles. The lowest BCUT2D eigenvalue weighted by molar-refractivity contribution is 0.0955. The van der Waals surface area contributed by atoms with Crippen LogP contribution in [-0.4, -0.2) is 33.1 Å². The summed E-state index contributed by atoms with van der Waals surface area (Å²) in [6.45, 7) is 2.04. The molecule has 1 aromatic carbocycles. The predicted octanol–water partition coefficient (Wildman–Crippen LogP) is 2.82. The van der Waals surface area contributed by atoms with E-state index in [-0.39, 0.29) is 12.1 Å². The third-order valence-corrected chi connectivity index (χ3v) is 4.59. The first kappa shape index (κ1) is 16.5. The van der Waals surface area contributed by atoms with Gasteiger partial charge in [-0.1, -0.05) is 37.1 Å². The Kier molecular flexibility index (Phi) is 4.85. The molecule has 128 valence electrons. The highest BCUT2D eigenvalue weighted by molar-refractivity contribution is 5.89. The van der Waals surface area contributed by atoms with E-state index >= 15 is 0 Å². The number of aliphatic hydroxyl groups excluding tert-OH is 1. The molecular formula is C18H24N4O2. The summed E-state index contributed by atoms with van der Waals surface area (Å²) in [6, 6.07) is 9.39. The highest BCUT2D eigenvalue weighted by Crippen LogP contribution is 2.24. The summed E-state index contributed by atoms with van der Waals surface area (Å²) in [7, 11) is 1.80. The van der Waals surface area contributed by atoms with Crippen LogP contribution in [0.15, 0.2) is 30.3 Å². The second kappa shape index (κ2) is 7.05. The molecule has 0 unspecified atom stereocenters. The molecule has 24 heavy (non-hydrogen) atoms. The molecule has 1 saturated carbocycles. The van der Waals surface area contributed by atoms with Crippen molar-refractivity contribution in [2.45, 2.75) is 44.8 Å². The van der Waals surface area contributed by atoms with Gasteiger partial charge in [0.05, 0.1) is 17.8 Å². The quantitative estimate of drug-likeness (QED) is 0.810. The monoisotopic (exact) mass is 328 g/mol. The summed E-state index contributed by atoms with van der Waals surface area (Å²) >= 11 is 0. The zero-order chi connectivity index (χ0) is 17.1. The largest absolute Gasteiger partial charge is 0.391 e. The second-order valence-electron chi connectivity index (χ2n) is 6.41.